The van der Waals surface area contributed by atoms with Gasteiger partial charge >= 0.3 is 0 Å². The Bertz CT molecular complexity index is 1780. The SMILES string of the molecule is CC(C)C1=C([C@H](O)CC/C(=C/c2ccc(O)c3ccccc23)c2ccccn2)[C@H](CO)[C@@H]2C(=O)N(c3ccccc3)C(=O)[C@@H]2C1. The highest BCUT2D eigenvalue weighted by Crippen LogP contribution is 2.49. The number of aromatic nitrogens is 1. The van der Waals surface area contributed by atoms with Crippen molar-refractivity contribution in [1.29, 1.82) is 0 Å². The first-order chi connectivity index (χ1) is 21.8. The average molecular weight is 603 g/mol. The lowest BCUT2D eigenvalue weighted by atomic mass is 9.66. The molecule has 230 valence electrons. The molecule has 7 nitrogen and oxygen atoms in total. The first kappa shape index (κ1) is 30.4. The molecule has 4 atom stereocenters. The van der Waals surface area contributed by atoms with E-state index < -0.39 is 23.9 Å². The van der Waals surface area contributed by atoms with E-state index in [9.17, 15) is 24.9 Å². The van der Waals surface area contributed by atoms with E-state index in [1.54, 1.807) is 36.5 Å². The van der Waals surface area contributed by atoms with Gasteiger partial charge in [-0.2, -0.15) is 0 Å². The summed E-state index contributed by atoms with van der Waals surface area (Å²) >= 11 is 0. The minimum Gasteiger partial charge on any atom is -0.507 e. The number of benzene rings is 3. The Balaban J connectivity index is 1.34. The van der Waals surface area contributed by atoms with Gasteiger partial charge in [0.25, 0.3) is 0 Å². The van der Waals surface area contributed by atoms with E-state index in [1.807, 2.05) is 74.5 Å². The van der Waals surface area contributed by atoms with Crippen LogP contribution < -0.4 is 4.90 Å². The van der Waals surface area contributed by atoms with Gasteiger partial charge in [-0.3, -0.25) is 19.5 Å². The number of anilines is 1. The molecular formula is C38H38N2O5. The summed E-state index contributed by atoms with van der Waals surface area (Å²) in [6, 6.07) is 25.9. The topological polar surface area (TPSA) is 111 Å². The van der Waals surface area contributed by atoms with Crippen LogP contribution >= 0.6 is 0 Å². The molecule has 0 unspecified atom stereocenters. The van der Waals surface area contributed by atoms with Crippen LogP contribution in [0.2, 0.25) is 0 Å². The number of hydrogen-bond acceptors (Lipinski definition) is 6. The largest absolute Gasteiger partial charge is 0.507 e. The number of para-hydroxylation sites is 1. The summed E-state index contributed by atoms with van der Waals surface area (Å²) in [6.07, 6.45) is 4.03. The third kappa shape index (κ3) is 5.70. The number of allylic oxidation sites excluding steroid dienone is 2. The maximum absolute atomic E-state index is 13.8. The Morgan fingerprint density at radius 2 is 1.64 bits per heavy atom. The van der Waals surface area contributed by atoms with Gasteiger partial charge in [-0.15, -0.1) is 0 Å². The number of pyridine rings is 1. The summed E-state index contributed by atoms with van der Waals surface area (Å²) in [4.78, 5) is 33.3. The molecule has 1 aliphatic carbocycles. The molecule has 1 saturated heterocycles. The maximum atomic E-state index is 13.8. The van der Waals surface area contributed by atoms with Crippen LogP contribution in [0, 0.1) is 23.7 Å². The number of carbonyl (C=O) groups is 2. The molecular weight excluding hydrogens is 564 g/mol. The number of imide groups is 1. The number of phenolic OH excluding ortho intramolecular Hbond substituents is 1. The quantitative estimate of drug-likeness (QED) is 0.151. The van der Waals surface area contributed by atoms with Crippen LogP contribution in [0.3, 0.4) is 0 Å². The number of hydrogen-bond donors (Lipinski definition) is 3. The number of fused-ring (bicyclic) bond motifs is 2. The predicted octanol–water partition coefficient (Wildman–Crippen LogP) is 6.39. The van der Waals surface area contributed by atoms with E-state index in [-0.39, 0.29) is 30.1 Å². The number of amides is 2. The summed E-state index contributed by atoms with van der Waals surface area (Å²) in [6.45, 7) is 3.72. The number of phenols is 1. The van der Waals surface area contributed by atoms with Gasteiger partial charge in [0.2, 0.25) is 11.8 Å². The Morgan fingerprint density at radius 3 is 2.33 bits per heavy atom. The van der Waals surface area contributed by atoms with Crippen molar-refractivity contribution in [1.82, 2.24) is 4.98 Å². The van der Waals surface area contributed by atoms with Crippen LogP contribution in [0.5, 0.6) is 5.75 Å². The zero-order chi connectivity index (χ0) is 31.7. The second kappa shape index (κ2) is 12.8. The van der Waals surface area contributed by atoms with Crippen LogP contribution in [-0.2, 0) is 9.59 Å². The summed E-state index contributed by atoms with van der Waals surface area (Å²) in [7, 11) is 0. The zero-order valence-electron chi connectivity index (χ0n) is 25.5. The molecule has 0 spiro atoms. The van der Waals surface area contributed by atoms with E-state index in [0.717, 1.165) is 33.2 Å². The number of rotatable bonds is 9. The van der Waals surface area contributed by atoms with Gasteiger partial charge in [0.1, 0.15) is 5.75 Å². The van der Waals surface area contributed by atoms with Crippen LogP contribution in [0.25, 0.3) is 22.4 Å². The average Bonchev–Trinajstić information content (AvgIpc) is 3.32. The molecule has 1 aliphatic heterocycles. The second-order valence-corrected chi connectivity index (χ2v) is 12.3. The third-order valence-corrected chi connectivity index (χ3v) is 9.33. The molecule has 0 saturated carbocycles. The van der Waals surface area contributed by atoms with Crippen LogP contribution in [0.4, 0.5) is 5.69 Å². The van der Waals surface area contributed by atoms with Crippen molar-refractivity contribution in [3.63, 3.8) is 0 Å². The van der Waals surface area contributed by atoms with E-state index >= 15 is 0 Å². The van der Waals surface area contributed by atoms with Crippen LogP contribution in [0.1, 0.15) is 44.4 Å². The lowest BCUT2D eigenvalue weighted by Crippen LogP contribution is -2.39. The molecule has 6 rings (SSSR count). The van der Waals surface area contributed by atoms with Gasteiger partial charge in [-0.05, 0) is 83.7 Å². The highest BCUT2D eigenvalue weighted by atomic mass is 16.3. The van der Waals surface area contributed by atoms with Gasteiger partial charge in [0.15, 0.2) is 0 Å². The number of nitrogens with zero attached hydrogens (tertiary/aromatic N) is 2. The molecule has 3 N–H and O–H groups in total. The number of carbonyl (C=O) groups excluding carboxylic acids is 2. The molecule has 7 heteroatoms. The summed E-state index contributed by atoms with van der Waals surface area (Å²) < 4.78 is 0. The van der Waals surface area contributed by atoms with E-state index in [0.29, 0.717) is 30.5 Å². The van der Waals surface area contributed by atoms with E-state index in [2.05, 4.69) is 4.98 Å². The molecule has 2 aliphatic rings. The molecule has 4 aromatic rings. The minimum absolute atomic E-state index is 0.0208. The fourth-order valence-corrected chi connectivity index (χ4v) is 7.17. The lowest BCUT2D eigenvalue weighted by Gasteiger charge is -2.38. The van der Waals surface area contributed by atoms with Gasteiger partial charge < -0.3 is 15.3 Å². The zero-order valence-corrected chi connectivity index (χ0v) is 25.5. The Kier molecular flexibility index (Phi) is 8.65. The first-order valence-corrected chi connectivity index (χ1v) is 15.6. The van der Waals surface area contributed by atoms with E-state index in [1.165, 1.54) is 4.90 Å². The number of aliphatic hydroxyl groups excluding tert-OH is 2. The first-order valence-electron chi connectivity index (χ1n) is 15.6. The Hall–Kier alpha value is -4.59. The Morgan fingerprint density at radius 1 is 0.933 bits per heavy atom. The standard InChI is InChI=1S/C38H38N2O5/c1-23(2)29-21-30-36(38(45)40(37(30)44)26-10-4-3-5-11-26)31(22-41)35(29)34(43)18-16-25(32-14-8-9-19-39-32)20-24-15-17-33(42)28-13-7-6-12-27(24)28/h3-15,17,19-20,23,30-31,34,36,41-43H,16,18,21-22H2,1-2H3/b25-20-/t30-,31+,34-,36-/m1/s1. The second-order valence-electron chi connectivity index (χ2n) is 12.3. The van der Waals surface area contributed by atoms with Gasteiger partial charge in [-0.1, -0.05) is 74.0 Å². The molecule has 2 amide bonds. The smallest absolute Gasteiger partial charge is 0.238 e. The summed E-state index contributed by atoms with van der Waals surface area (Å²) in [5, 5.41) is 34.7. The number of aromatic hydroxyl groups is 1. The monoisotopic (exact) mass is 602 g/mol. The lowest BCUT2D eigenvalue weighted by molar-refractivity contribution is -0.123. The molecule has 3 aromatic carbocycles. The van der Waals surface area contributed by atoms with Crippen molar-refractivity contribution < 1.29 is 24.9 Å². The van der Waals surface area contributed by atoms with Crippen molar-refractivity contribution in [2.24, 2.45) is 23.7 Å². The van der Waals surface area contributed by atoms with Crippen molar-refractivity contribution in [2.45, 2.75) is 39.2 Å². The molecule has 45 heavy (non-hydrogen) atoms. The predicted molar refractivity (Wildman–Crippen MR) is 176 cm³/mol. The van der Waals surface area contributed by atoms with E-state index in [4.69, 9.17) is 0 Å². The highest BCUT2D eigenvalue weighted by molar-refractivity contribution is 6.22. The molecule has 0 bridgehead atoms. The normalized spacial score (nSPS) is 21.1. The summed E-state index contributed by atoms with van der Waals surface area (Å²) in [5.74, 6) is -2.31. The van der Waals surface area contributed by atoms with Gasteiger partial charge in [0, 0.05) is 17.5 Å². The third-order valence-electron chi connectivity index (χ3n) is 9.33. The van der Waals surface area contributed by atoms with Crippen molar-refractivity contribution in [3.8, 4) is 5.75 Å². The van der Waals surface area contributed by atoms with Gasteiger partial charge in [-0.25, -0.2) is 0 Å². The van der Waals surface area contributed by atoms with Crippen molar-refractivity contribution in [3.05, 3.63) is 114 Å². The van der Waals surface area contributed by atoms with Crippen LogP contribution in [-0.4, -0.2) is 44.8 Å². The molecule has 0 radical (unpaired) electrons. The minimum atomic E-state index is -0.933. The van der Waals surface area contributed by atoms with Gasteiger partial charge in [0.05, 0.1) is 35.9 Å². The Labute approximate surface area is 263 Å². The fourth-order valence-electron chi connectivity index (χ4n) is 7.17. The number of aliphatic hydroxyl groups is 2. The molecule has 1 aromatic heterocycles. The van der Waals surface area contributed by atoms with Crippen molar-refractivity contribution >= 4 is 39.9 Å². The maximum Gasteiger partial charge on any atom is 0.238 e. The van der Waals surface area contributed by atoms with Crippen LogP contribution in [0.15, 0.2) is 102 Å². The molecule has 1 fully saturated rings. The fraction of sp³-hybridized carbons (Fsp3) is 0.289. The van der Waals surface area contributed by atoms with Crippen molar-refractivity contribution in [2.75, 3.05) is 11.5 Å². The highest BCUT2D eigenvalue weighted by Gasteiger charge is 2.55. The molecule has 2 heterocycles. The summed E-state index contributed by atoms with van der Waals surface area (Å²) in [5.41, 5.74) is 4.75.